The molecule has 0 saturated carbocycles. The van der Waals surface area contributed by atoms with Crippen LogP contribution in [0.5, 0.6) is 0 Å². The largest absolute Gasteiger partial charge is 0.369 e. The van der Waals surface area contributed by atoms with Crippen LogP contribution in [-0.2, 0) is 10.5 Å². The van der Waals surface area contributed by atoms with Gasteiger partial charge in [-0.1, -0.05) is 23.7 Å². The molecule has 0 aliphatic carbocycles. The Morgan fingerprint density at radius 3 is 2.75 bits per heavy atom. The Morgan fingerprint density at radius 2 is 2.04 bits per heavy atom. The molecule has 2 heterocycles. The lowest BCUT2D eigenvalue weighted by molar-refractivity contribution is -0.118. The third kappa shape index (κ3) is 6.99. The van der Waals surface area contributed by atoms with Gasteiger partial charge in [-0.15, -0.1) is 23.1 Å². The van der Waals surface area contributed by atoms with Crippen LogP contribution in [0.4, 0.5) is 5.69 Å². The van der Waals surface area contributed by atoms with Crippen LogP contribution in [0.3, 0.4) is 0 Å². The number of benzene rings is 1. The van der Waals surface area contributed by atoms with Gasteiger partial charge < -0.3 is 10.2 Å². The lowest BCUT2D eigenvalue weighted by Crippen LogP contribution is -2.47. The van der Waals surface area contributed by atoms with Gasteiger partial charge in [-0.3, -0.25) is 9.69 Å². The van der Waals surface area contributed by atoms with E-state index in [2.05, 4.69) is 46.3 Å². The van der Waals surface area contributed by atoms with Crippen LogP contribution in [-0.4, -0.2) is 55.8 Å². The Balaban J connectivity index is 1.24. The van der Waals surface area contributed by atoms with Gasteiger partial charge in [0.2, 0.25) is 5.91 Å². The second-order valence-corrected chi connectivity index (χ2v) is 9.86. The fraction of sp³-hybridized carbons (Fsp3) is 0.476. The van der Waals surface area contributed by atoms with Gasteiger partial charge in [0.15, 0.2) is 0 Å². The number of halogens is 1. The summed E-state index contributed by atoms with van der Waals surface area (Å²) in [5.74, 6) is 1.47. The second-order valence-electron chi connectivity index (χ2n) is 7.07. The molecule has 0 atom stereocenters. The molecule has 0 bridgehead atoms. The molecule has 28 heavy (non-hydrogen) atoms. The molecule has 2 aromatic rings. The summed E-state index contributed by atoms with van der Waals surface area (Å²) in [7, 11) is 0. The minimum atomic E-state index is 0.122. The Labute approximate surface area is 181 Å². The van der Waals surface area contributed by atoms with Crippen molar-refractivity contribution in [2.75, 3.05) is 49.9 Å². The van der Waals surface area contributed by atoms with E-state index in [1.165, 1.54) is 16.1 Å². The molecule has 3 rings (SSSR count). The first-order valence-electron chi connectivity index (χ1n) is 9.73. The molecule has 0 unspecified atom stereocenters. The van der Waals surface area contributed by atoms with Crippen molar-refractivity contribution in [1.82, 2.24) is 10.2 Å². The number of rotatable bonds is 9. The van der Waals surface area contributed by atoms with Crippen molar-refractivity contribution in [3.05, 3.63) is 51.2 Å². The van der Waals surface area contributed by atoms with Crippen molar-refractivity contribution in [3.8, 4) is 0 Å². The molecule has 4 nitrogen and oxygen atoms in total. The number of nitrogens with zero attached hydrogens (tertiary/aromatic N) is 2. The third-order valence-electron chi connectivity index (χ3n) is 4.82. The third-order valence-corrected chi connectivity index (χ3v) is 7.21. The average molecular weight is 438 g/mol. The van der Waals surface area contributed by atoms with Crippen LogP contribution in [0, 0.1) is 6.92 Å². The molecule has 7 heteroatoms. The molecular weight excluding hydrogens is 410 g/mol. The summed E-state index contributed by atoms with van der Waals surface area (Å²) >= 11 is 9.14. The Morgan fingerprint density at radius 1 is 1.21 bits per heavy atom. The van der Waals surface area contributed by atoms with Gasteiger partial charge in [0.1, 0.15) is 0 Å². The highest BCUT2D eigenvalue weighted by molar-refractivity contribution is 7.99. The number of nitrogens with one attached hydrogen (secondary N) is 1. The number of hydrogen-bond acceptors (Lipinski definition) is 5. The molecule has 1 N–H and O–H groups in total. The quantitative estimate of drug-likeness (QED) is 0.594. The van der Waals surface area contributed by atoms with E-state index in [-0.39, 0.29) is 5.91 Å². The van der Waals surface area contributed by atoms with Crippen molar-refractivity contribution >= 4 is 46.3 Å². The molecule has 0 radical (unpaired) electrons. The number of aryl methyl sites for hydroxylation is 1. The number of piperazine rings is 1. The van der Waals surface area contributed by atoms with E-state index in [9.17, 15) is 4.79 Å². The zero-order valence-electron chi connectivity index (χ0n) is 16.3. The number of carbonyl (C=O) groups is 1. The lowest BCUT2D eigenvalue weighted by Gasteiger charge is -2.36. The molecule has 1 aromatic carbocycles. The maximum Gasteiger partial charge on any atom is 0.230 e. The van der Waals surface area contributed by atoms with Gasteiger partial charge in [-0.2, -0.15) is 0 Å². The first kappa shape index (κ1) is 21.5. The van der Waals surface area contributed by atoms with Crippen LogP contribution in [0.2, 0.25) is 4.34 Å². The highest BCUT2D eigenvalue weighted by Crippen LogP contribution is 2.25. The zero-order valence-corrected chi connectivity index (χ0v) is 18.7. The number of thioether (sulfide) groups is 1. The molecule has 1 aliphatic heterocycles. The van der Waals surface area contributed by atoms with E-state index in [4.69, 9.17) is 11.6 Å². The van der Waals surface area contributed by atoms with Gasteiger partial charge in [-0.05, 0) is 49.7 Å². The number of amides is 1. The summed E-state index contributed by atoms with van der Waals surface area (Å²) in [6.07, 6.45) is 1.00. The Kier molecular flexibility index (Phi) is 8.52. The zero-order chi connectivity index (χ0) is 19.8. The van der Waals surface area contributed by atoms with Crippen LogP contribution in [0.1, 0.15) is 16.9 Å². The first-order valence-corrected chi connectivity index (χ1v) is 12.1. The SMILES string of the molecule is Cc1cccc(N2CCN(CCCNC(=O)CSCc3ccc(Cl)s3)CC2)c1. The summed E-state index contributed by atoms with van der Waals surface area (Å²) in [5, 5.41) is 3.04. The first-order chi connectivity index (χ1) is 13.6. The van der Waals surface area contributed by atoms with Crippen molar-refractivity contribution in [2.45, 2.75) is 19.1 Å². The molecule has 1 aromatic heterocycles. The monoisotopic (exact) mass is 437 g/mol. The summed E-state index contributed by atoms with van der Waals surface area (Å²) in [5.41, 5.74) is 2.64. The summed E-state index contributed by atoms with van der Waals surface area (Å²) in [6, 6.07) is 12.7. The van der Waals surface area contributed by atoms with E-state index in [0.717, 1.165) is 55.8 Å². The predicted octanol–water partition coefficient (Wildman–Crippen LogP) is 4.27. The summed E-state index contributed by atoms with van der Waals surface area (Å²) < 4.78 is 0.805. The maximum atomic E-state index is 11.9. The molecule has 1 aliphatic rings. The number of anilines is 1. The van der Waals surface area contributed by atoms with Crippen LogP contribution >= 0.6 is 34.7 Å². The Hall–Kier alpha value is -1.21. The molecule has 1 amide bonds. The summed E-state index contributed by atoms with van der Waals surface area (Å²) in [6.45, 7) is 8.25. The van der Waals surface area contributed by atoms with Gasteiger partial charge in [-0.25, -0.2) is 0 Å². The highest BCUT2D eigenvalue weighted by atomic mass is 35.5. The average Bonchev–Trinajstić information content (AvgIpc) is 3.11. The lowest BCUT2D eigenvalue weighted by atomic mass is 10.2. The Bertz CT molecular complexity index is 760. The summed E-state index contributed by atoms with van der Waals surface area (Å²) in [4.78, 5) is 18.1. The smallest absolute Gasteiger partial charge is 0.230 e. The van der Waals surface area contributed by atoms with E-state index >= 15 is 0 Å². The number of carbonyl (C=O) groups excluding carboxylic acids is 1. The maximum absolute atomic E-state index is 11.9. The van der Waals surface area contributed by atoms with E-state index < -0.39 is 0 Å². The fourth-order valence-electron chi connectivity index (χ4n) is 3.31. The van der Waals surface area contributed by atoms with E-state index in [0.29, 0.717) is 5.75 Å². The number of thiophene rings is 1. The van der Waals surface area contributed by atoms with Crippen LogP contribution in [0.15, 0.2) is 36.4 Å². The molecule has 1 saturated heterocycles. The van der Waals surface area contributed by atoms with Gasteiger partial charge in [0.25, 0.3) is 0 Å². The van der Waals surface area contributed by atoms with E-state index in [1.54, 1.807) is 23.1 Å². The van der Waals surface area contributed by atoms with Crippen molar-refractivity contribution < 1.29 is 4.79 Å². The van der Waals surface area contributed by atoms with Crippen molar-refractivity contribution in [3.63, 3.8) is 0 Å². The topological polar surface area (TPSA) is 35.6 Å². The fourth-order valence-corrected chi connectivity index (χ4v) is 5.37. The number of hydrogen-bond donors (Lipinski definition) is 1. The van der Waals surface area contributed by atoms with Crippen LogP contribution in [0.25, 0.3) is 0 Å². The highest BCUT2D eigenvalue weighted by Gasteiger charge is 2.16. The van der Waals surface area contributed by atoms with Crippen molar-refractivity contribution in [1.29, 1.82) is 0 Å². The molecule has 152 valence electrons. The molecule has 0 spiro atoms. The minimum absolute atomic E-state index is 0.122. The van der Waals surface area contributed by atoms with Crippen LogP contribution < -0.4 is 10.2 Å². The van der Waals surface area contributed by atoms with Crippen molar-refractivity contribution in [2.24, 2.45) is 0 Å². The minimum Gasteiger partial charge on any atom is -0.369 e. The molecular formula is C21H28ClN3OS2. The van der Waals surface area contributed by atoms with Gasteiger partial charge in [0, 0.05) is 49.0 Å². The predicted molar refractivity (Wildman–Crippen MR) is 123 cm³/mol. The standard InChI is InChI=1S/C21H28ClN3OS2/c1-17-4-2-5-18(14-17)25-12-10-24(11-13-25)9-3-8-23-21(26)16-27-15-19-6-7-20(22)28-19/h2,4-7,14H,3,8-13,15-16H2,1H3,(H,23,26). The van der Waals surface area contributed by atoms with Gasteiger partial charge in [0.05, 0.1) is 10.1 Å². The van der Waals surface area contributed by atoms with Gasteiger partial charge >= 0.3 is 0 Å². The normalized spacial score (nSPS) is 15.0. The second kappa shape index (κ2) is 11.1. The molecule has 1 fully saturated rings. The van der Waals surface area contributed by atoms with E-state index in [1.807, 2.05) is 12.1 Å².